The lowest BCUT2D eigenvalue weighted by Crippen LogP contribution is -2.08. The summed E-state index contributed by atoms with van der Waals surface area (Å²) in [5.74, 6) is 0.232. The number of methoxy groups -OCH3 is 1. The Kier molecular flexibility index (Phi) is 6.86. The Morgan fingerprint density at radius 3 is 2.28 bits per heavy atom. The second-order valence-corrected chi connectivity index (χ2v) is 6.66. The van der Waals surface area contributed by atoms with Gasteiger partial charge in [0.15, 0.2) is 0 Å². The monoisotopic (exact) mass is 474 g/mol. The standard InChI is InChI=1S/C13H16I2O3/c1-8(2)6-18-7-9-4-10(14)12(11(15)5-9)13(16)17-3/h4-5,8H,6-7H2,1-3H3. The average Bonchev–Trinajstić information content (AvgIpc) is 2.27. The zero-order valence-electron chi connectivity index (χ0n) is 10.6. The highest BCUT2D eigenvalue weighted by molar-refractivity contribution is 14.1. The highest BCUT2D eigenvalue weighted by Crippen LogP contribution is 2.23. The smallest absolute Gasteiger partial charge is 0.340 e. The van der Waals surface area contributed by atoms with E-state index in [9.17, 15) is 4.79 Å². The third kappa shape index (κ3) is 4.65. The van der Waals surface area contributed by atoms with Crippen LogP contribution in [-0.4, -0.2) is 19.7 Å². The molecule has 18 heavy (non-hydrogen) atoms. The van der Waals surface area contributed by atoms with E-state index < -0.39 is 0 Å². The SMILES string of the molecule is COC(=O)c1c(I)cc(COCC(C)C)cc1I. The van der Waals surface area contributed by atoms with Crippen molar-refractivity contribution in [1.29, 1.82) is 0 Å². The molecule has 0 aliphatic carbocycles. The molecular weight excluding hydrogens is 458 g/mol. The Balaban J connectivity index is 2.83. The van der Waals surface area contributed by atoms with Crippen LogP contribution in [-0.2, 0) is 16.1 Å². The molecule has 1 aromatic rings. The maximum Gasteiger partial charge on any atom is 0.340 e. The molecule has 0 radical (unpaired) electrons. The van der Waals surface area contributed by atoms with Crippen molar-refractivity contribution in [3.8, 4) is 0 Å². The Labute approximate surface area is 135 Å². The Bertz CT molecular complexity index is 407. The molecule has 0 spiro atoms. The zero-order valence-corrected chi connectivity index (χ0v) is 14.9. The van der Waals surface area contributed by atoms with Crippen LogP contribution in [0.1, 0.15) is 29.8 Å². The van der Waals surface area contributed by atoms with Gasteiger partial charge in [-0.2, -0.15) is 0 Å². The largest absolute Gasteiger partial charge is 0.465 e. The van der Waals surface area contributed by atoms with Crippen molar-refractivity contribution >= 4 is 51.2 Å². The molecule has 100 valence electrons. The lowest BCUT2D eigenvalue weighted by molar-refractivity contribution is 0.0598. The van der Waals surface area contributed by atoms with Crippen molar-refractivity contribution < 1.29 is 14.3 Å². The minimum Gasteiger partial charge on any atom is -0.465 e. The summed E-state index contributed by atoms with van der Waals surface area (Å²) in [5.41, 5.74) is 1.71. The molecule has 1 aromatic carbocycles. The number of esters is 1. The highest BCUT2D eigenvalue weighted by Gasteiger charge is 2.15. The normalized spacial score (nSPS) is 10.8. The van der Waals surface area contributed by atoms with E-state index in [1.54, 1.807) is 0 Å². The van der Waals surface area contributed by atoms with Gasteiger partial charge in [0.25, 0.3) is 0 Å². The Hall–Kier alpha value is 0.110. The van der Waals surface area contributed by atoms with Crippen LogP contribution in [0.5, 0.6) is 0 Å². The van der Waals surface area contributed by atoms with Gasteiger partial charge in [-0.15, -0.1) is 0 Å². The van der Waals surface area contributed by atoms with Crippen molar-refractivity contribution in [3.05, 3.63) is 30.4 Å². The molecule has 5 heteroatoms. The predicted octanol–water partition coefficient (Wildman–Crippen LogP) is 3.86. The molecule has 3 nitrogen and oxygen atoms in total. The number of ether oxygens (including phenoxy) is 2. The molecule has 0 heterocycles. The van der Waals surface area contributed by atoms with Gasteiger partial charge < -0.3 is 9.47 Å². The van der Waals surface area contributed by atoms with Crippen molar-refractivity contribution in [3.63, 3.8) is 0 Å². The fraction of sp³-hybridized carbons (Fsp3) is 0.462. The number of carbonyl (C=O) groups excluding carboxylic acids is 1. The van der Waals surface area contributed by atoms with Crippen LogP contribution >= 0.6 is 45.2 Å². The first-order chi connectivity index (χ1) is 8.45. The number of hydrogen-bond donors (Lipinski definition) is 0. The molecule has 0 saturated heterocycles. The van der Waals surface area contributed by atoms with Crippen LogP contribution in [0.4, 0.5) is 0 Å². The van der Waals surface area contributed by atoms with E-state index in [4.69, 9.17) is 9.47 Å². The first kappa shape index (κ1) is 16.2. The number of halogens is 2. The molecule has 0 amide bonds. The first-order valence-corrected chi connectivity index (χ1v) is 7.75. The average molecular weight is 474 g/mol. The van der Waals surface area contributed by atoms with Crippen molar-refractivity contribution in [2.24, 2.45) is 5.92 Å². The van der Waals surface area contributed by atoms with Gasteiger partial charge in [0.05, 0.1) is 19.3 Å². The van der Waals surface area contributed by atoms with Crippen molar-refractivity contribution in [2.45, 2.75) is 20.5 Å². The van der Waals surface area contributed by atoms with Gasteiger partial charge >= 0.3 is 5.97 Å². The number of rotatable bonds is 5. The van der Waals surface area contributed by atoms with Gasteiger partial charge in [0.1, 0.15) is 0 Å². The summed E-state index contributed by atoms with van der Waals surface area (Å²) in [6, 6.07) is 3.94. The molecule has 0 bridgehead atoms. The third-order valence-corrected chi connectivity index (χ3v) is 3.91. The van der Waals surface area contributed by atoms with Crippen LogP contribution in [0.2, 0.25) is 0 Å². The van der Waals surface area contributed by atoms with Crippen molar-refractivity contribution in [1.82, 2.24) is 0 Å². The fourth-order valence-corrected chi connectivity index (χ4v) is 3.76. The summed E-state index contributed by atoms with van der Waals surface area (Å²) in [7, 11) is 1.40. The van der Waals surface area contributed by atoms with E-state index in [0.717, 1.165) is 19.3 Å². The summed E-state index contributed by atoms with van der Waals surface area (Å²) < 4.78 is 12.2. The molecule has 0 N–H and O–H groups in total. The topological polar surface area (TPSA) is 35.5 Å². The van der Waals surface area contributed by atoms with Crippen LogP contribution in [0.25, 0.3) is 0 Å². The van der Waals surface area contributed by atoms with E-state index in [2.05, 4.69) is 59.0 Å². The van der Waals surface area contributed by atoms with Crippen LogP contribution in [0.3, 0.4) is 0 Å². The van der Waals surface area contributed by atoms with Gasteiger partial charge in [-0.25, -0.2) is 4.79 Å². The van der Waals surface area contributed by atoms with Gasteiger partial charge in [-0.05, 0) is 68.8 Å². The Morgan fingerprint density at radius 1 is 1.28 bits per heavy atom. The molecular formula is C13H16I2O3. The minimum absolute atomic E-state index is 0.293. The van der Waals surface area contributed by atoms with E-state index in [0.29, 0.717) is 18.1 Å². The van der Waals surface area contributed by atoms with Gasteiger partial charge in [-0.1, -0.05) is 13.8 Å². The van der Waals surface area contributed by atoms with Crippen LogP contribution in [0.15, 0.2) is 12.1 Å². The van der Waals surface area contributed by atoms with Gasteiger partial charge in [0.2, 0.25) is 0 Å². The van der Waals surface area contributed by atoms with Crippen LogP contribution < -0.4 is 0 Å². The van der Waals surface area contributed by atoms with E-state index in [1.165, 1.54) is 7.11 Å². The maximum atomic E-state index is 11.6. The maximum absolute atomic E-state index is 11.6. The van der Waals surface area contributed by atoms with E-state index in [-0.39, 0.29) is 5.97 Å². The summed E-state index contributed by atoms with van der Waals surface area (Å²) >= 11 is 4.31. The molecule has 0 saturated carbocycles. The lowest BCUT2D eigenvalue weighted by atomic mass is 10.1. The fourth-order valence-electron chi connectivity index (χ4n) is 1.42. The highest BCUT2D eigenvalue weighted by atomic mass is 127. The molecule has 0 aromatic heterocycles. The first-order valence-electron chi connectivity index (χ1n) is 5.59. The van der Waals surface area contributed by atoms with E-state index in [1.807, 2.05) is 12.1 Å². The molecule has 0 fully saturated rings. The summed E-state index contributed by atoms with van der Waals surface area (Å²) in [6.07, 6.45) is 0. The molecule has 0 unspecified atom stereocenters. The molecule has 0 atom stereocenters. The number of hydrogen-bond acceptors (Lipinski definition) is 3. The number of benzene rings is 1. The molecule has 1 rings (SSSR count). The quantitative estimate of drug-likeness (QED) is 0.481. The van der Waals surface area contributed by atoms with Crippen molar-refractivity contribution in [2.75, 3.05) is 13.7 Å². The summed E-state index contributed by atoms with van der Waals surface area (Å²) in [5, 5.41) is 0. The van der Waals surface area contributed by atoms with Gasteiger partial charge in [0, 0.05) is 13.7 Å². The molecule has 0 aliphatic heterocycles. The predicted molar refractivity (Wildman–Crippen MR) is 87.7 cm³/mol. The van der Waals surface area contributed by atoms with E-state index >= 15 is 0 Å². The van der Waals surface area contributed by atoms with Crippen LogP contribution in [0, 0.1) is 13.1 Å². The molecule has 0 aliphatic rings. The second-order valence-electron chi connectivity index (χ2n) is 4.34. The summed E-state index contributed by atoms with van der Waals surface area (Å²) in [6.45, 7) is 5.55. The third-order valence-electron chi connectivity index (χ3n) is 2.21. The number of carbonyl (C=O) groups is 1. The zero-order chi connectivity index (χ0) is 13.7. The minimum atomic E-state index is -0.293. The summed E-state index contributed by atoms with van der Waals surface area (Å²) in [4.78, 5) is 11.6. The lowest BCUT2D eigenvalue weighted by Gasteiger charge is -2.10. The van der Waals surface area contributed by atoms with Gasteiger partial charge in [-0.3, -0.25) is 0 Å². The second kappa shape index (κ2) is 7.64. The Morgan fingerprint density at radius 2 is 1.83 bits per heavy atom.